The van der Waals surface area contributed by atoms with Gasteiger partial charge in [-0.2, -0.15) is 13.2 Å². The Hall–Kier alpha value is -2.43. The molecule has 1 saturated carbocycles. The molecule has 2 aromatic rings. The van der Waals surface area contributed by atoms with Gasteiger partial charge in [0.2, 0.25) is 0 Å². The first-order valence-electron chi connectivity index (χ1n) is 8.27. The van der Waals surface area contributed by atoms with Gasteiger partial charge in [0.05, 0.1) is 6.42 Å². The molecule has 1 aliphatic carbocycles. The van der Waals surface area contributed by atoms with Crippen molar-refractivity contribution in [3.05, 3.63) is 33.3 Å². The number of halogens is 3. The zero-order valence-electron chi connectivity index (χ0n) is 14.6. The van der Waals surface area contributed by atoms with E-state index >= 15 is 0 Å². The number of hydrogen-bond acceptors (Lipinski definition) is 5. The Morgan fingerprint density at radius 3 is 2.37 bits per heavy atom. The number of aromatic nitrogens is 3. The maximum absolute atomic E-state index is 12.3. The smallest absolute Gasteiger partial charge is 0.348 e. The zero-order valence-corrected chi connectivity index (χ0v) is 15.4. The van der Waals surface area contributed by atoms with E-state index in [1.807, 2.05) is 0 Å². The van der Waals surface area contributed by atoms with Gasteiger partial charge in [0, 0.05) is 23.2 Å². The molecule has 3 rings (SSSR count). The monoisotopic (exact) mass is 401 g/mol. The SMILES string of the molecule is Cc1nc(C(=O)NC2CC(NC(=O)c3csc(CC(F)(F)F)n3)C2)c(C)[nH]1. The fourth-order valence-corrected chi connectivity index (χ4v) is 3.67. The Morgan fingerprint density at radius 2 is 1.81 bits per heavy atom. The van der Waals surface area contributed by atoms with Gasteiger partial charge in [0.25, 0.3) is 11.8 Å². The van der Waals surface area contributed by atoms with Gasteiger partial charge in [-0.25, -0.2) is 9.97 Å². The predicted molar refractivity (Wildman–Crippen MR) is 91.7 cm³/mol. The van der Waals surface area contributed by atoms with Crippen molar-refractivity contribution in [2.45, 2.75) is 51.4 Å². The molecule has 2 heterocycles. The number of aryl methyl sites for hydroxylation is 2. The van der Waals surface area contributed by atoms with Crippen molar-refractivity contribution in [3.8, 4) is 0 Å². The van der Waals surface area contributed by atoms with Gasteiger partial charge in [-0.1, -0.05) is 0 Å². The molecular weight excluding hydrogens is 383 g/mol. The Balaban J connectivity index is 1.45. The lowest BCUT2D eigenvalue weighted by atomic mass is 9.86. The molecule has 0 radical (unpaired) electrons. The highest BCUT2D eigenvalue weighted by Gasteiger charge is 2.33. The van der Waals surface area contributed by atoms with Crippen LogP contribution in [0.15, 0.2) is 5.38 Å². The third-order valence-electron chi connectivity index (χ3n) is 4.16. The summed E-state index contributed by atoms with van der Waals surface area (Å²) in [6, 6.07) is -0.243. The lowest BCUT2D eigenvalue weighted by Crippen LogP contribution is -2.53. The Kier molecular flexibility index (Phi) is 5.22. The number of aromatic amines is 1. The van der Waals surface area contributed by atoms with Gasteiger partial charge in [-0.3, -0.25) is 9.59 Å². The number of carbonyl (C=O) groups excluding carboxylic acids is 2. The second-order valence-corrected chi connectivity index (χ2v) is 7.47. The Morgan fingerprint density at radius 1 is 1.19 bits per heavy atom. The summed E-state index contributed by atoms with van der Waals surface area (Å²) in [6.45, 7) is 3.52. The molecular formula is C16H18F3N5O2S. The predicted octanol–water partition coefficient (Wildman–Crippen LogP) is 2.28. The standard InChI is InChI=1S/C16H18F3N5O2S/c1-7-13(21-8(2)20-7)15(26)23-10-3-9(4-10)22-14(25)11-6-27-12(24-11)5-16(17,18)19/h6,9-10H,3-5H2,1-2H3,(H,20,21)(H,22,25)(H,23,26). The van der Waals surface area contributed by atoms with Gasteiger partial charge in [-0.15, -0.1) is 11.3 Å². The number of amides is 2. The quantitative estimate of drug-likeness (QED) is 0.716. The average molecular weight is 401 g/mol. The lowest BCUT2D eigenvalue weighted by Gasteiger charge is -2.36. The molecule has 0 saturated heterocycles. The van der Waals surface area contributed by atoms with Crippen molar-refractivity contribution in [2.75, 3.05) is 0 Å². The molecule has 0 bridgehead atoms. The lowest BCUT2D eigenvalue weighted by molar-refractivity contribution is -0.127. The first kappa shape index (κ1) is 19.3. The number of hydrogen-bond donors (Lipinski definition) is 3. The first-order valence-corrected chi connectivity index (χ1v) is 9.15. The van der Waals surface area contributed by atoms with Crippen molar-refractivity contribution in [3.63, 3.8) is 0 Å². The molecule has 27 heavy (non-hydrogen) atoms. The normalized spacial score (nSPS) is 19.4. The summed E-state index contributed by atoms with van der Waals surface area (Å²) in [6.07, 6.45) is -4.41. The highest BCUT2D eigenvalue weighted by molar-refractivity contribution is 7.09. The third kappa shape index (κ3) is 4.85. The van der Waals surface area contributed by atoms with Crippen LogP contribution in [0.5, 0.6) is 0 Å². The first-order chi connectivity index (χ1) is 12.6. The van der Waals surface area contributed by atoms with E-state index in [9.17, 15) is 22.8 Å². The van der Waals surface area contributed by atoms with Crippen molar-refractivity contribution in [1.29, 1.82) is 0 Å². The summed E-state index contributed by atoms with van der Waals surface area (Å²) in [7, 11) is 0. The summed E-state index contributed by atoms with van der Waals surface area (Å²) in [4.78, 5) is 35.1. The maximum Gasteiger partial charge on any atom is 0.395 e. The summed E-state index contributed by atoms with van der Waals surface area (Å²) < 4.78 is 37.0. The second-order valence-electron chi connectivity index (χ2n) is 6.53. The van der Waals surface area contributed by atoms with Crippen LogP contribution in [-0.2, 0) is 6.42 Å². The maximum atomic E-state index is 12.3. The molecule has 2 amide bonds. The van der Waals surface area contributed by atoms with Crippen LogP contribution in [0.2, 0.25) is 0 Å². The molecule has 146 valence electrons. The number of H-pyrrole nitrogens is 1. The minimum absolute atomic E-state index is 0.0191. The van der Waals surface area contributed by atoms with E-state index in [-0.39, 0.29) is 28.7 Å². The number of nitrogens with one attached hydrogen (secondary N) is 3. The van der Waals surface area contributed by atoms with Crippen molar-refractivity contribution < 1.29 is 22.8 Å². The fourth-order valence-electron chi connectivity index (χ4n) is 2.87. The summed E-state index contributed by atoms with van der Waals surface area (Å²) >= 11 is 0.808. The van der Waals surface area contributed by atoms with Crippen LogP contribution >= 0.6 is 11.3 Å². The number of thiazole rings is 1. The molecule has 3 N–H and O–H groups in total. The van der Waals surface area contributed by atoms with E-state index in [0.717, 1.165) is 11.3 Å². The third-order valence-corrected chi connectivity index (χ3v) is 5.01. The van der Waals surface area contributed by atoms with Gasteiger partial charge < -0.3 is 15.6 Å². The van der Waals surface area contributed by atoms with Crippen LogP contribution in [0.4, 0.5) is 13.2 Å². The number of imidazole rings is 1. The molecule has 1 aliphatic rings. The fraction of sp³-hybridized carbons (Fsp3) is 0.500. The molecule has 0 aliphatic heterocycles. The molecule has 1 fully saturated rings. The molecule has 0 atom stereocenters. The van der Waals surface area contributed by atoms with Crippen molar-refractivity contribution in [2.24, 2.45) is 0 Å². The molecule has 7 nitrogen and oxygen atoms in total. The molecule has 0 aromatic carbocycles. The van der Waals surface area contributed by atoms with E-state index in [1.54, 1.807) is 13.8 Å². The minimum Gasteiger partial charge on any atom is -0.348 e. The van der Waals surface area contributed by atoms with Crippen LogP contribution < -0.4 is 10.6 Å². The largest absolute Gasteiger partial charge is 0.395 e. The number of carbonyl (C=O) groups is 2. The van der Waals surface area contributed by atoms with Gasteiger partial charge in [0.1, 0.15) is 22.2 Å². The van der Waals surface area contributed by atoms with Crippen LogP contribution in [0, 0.1) is 13.8 Å². The molecule has 0 spiro atoms. The van der Waals surface area contributed by atoms with Crippen LogP contribution in [0.25, 0.3) is 0 Å². The van der Waals surface area contributed by atoms with Crippen molar-refractivity contribution in [1.82, 2.24) is 25.6 Å². The second kappa shape index (κ2) is 7.29. The average Bonchev–Trinajstić information content (AvgIpc) is 3.09. The number of alkyl halides is 3. The highest BCUT2D eigenvalue weighted by atomic mass is 32.1. The van der Waals surface area contributed by atoms with E-state index in [0.29, 0.717) is 30.1 Å². The van der Waals surface area contributed by atoms with Gasteiger partial charge in [-0.05, 0) is 26.7 Å². The minimum atomic E-state index is -4.35. The van der Waals surface area contributed by atoms with E-state index < -0.39 is 18.5 Å². The van der Waals surface area contributed by atoms with Crippen LogP contribution in [-0.4, -0.2) is 45.0 Å². The van der Waals surface area contributed by atoms with Crippen LogP contribution in [0.3, 0.4) is 0 Å². The summed E-state index contributed by atoms with van der Waals surface area (Å²) in [5.74, 6) is -0.124. The van der Waals surface area contributed by atoms with E-state index in [4.69, 9.17) is 0 Å². The summed E-state index contributed by atoms with van der Waals surface area (Å²) in [5.41, 5.74) is 1.02. The Bertz CT molecular complexity index is 855. The van der Waals surface area contributed by atoms with E-state index in [2.05, 4.69) is 25.6 Å². The molecule has 2 aromatic heterocycles. The van der Waals surface area contributed by atoms with Gasteiger partial charge >= 0.3 is 6.18 Å². The number of nitrogens with zero attached hydrogens (tertiary/aromatic N) is 2. The topological polar surface area (TPSA) is 99.8 Å². The number of rotatable bonds is 5. The van der Waals surface area contributed by atoms with E-state index in [1.165, 1.54) is 5.38 Å². The highest BCUT2D eigenvalue weighted by Crippen LogP contribution is 2.24. The van der Waals surface area contributed by atoms with Crippen molar-refractivity contribution >= 4 is 23.2 Å². The van der Waals surface area contributed by atoms with Crippen LogP contribution in [0.1, 0.15) is 50.3 Å². The molecule has 0 unspecified atom stereocenters. The zero-order chi connectivity index (χ0) is 19.8. The molecule has 11 heteroatoms. The Labute approximate surface area is 156 Å². The summed E-state index contributed by atoms with van der Waals surface area (Å²) in [5, 5.41) is 6.74. The van der Waals surface area contributed by atoms with Gasteiger partial charge in [0.15, 0.2) is 0 Å².